The summed E-state index contributed by atoms with van der Waals surface area (Å²) in [5, 5.41) is 5.85. The van der Waals surface area contributed by atoms with Crippen LogP contribution in [0.5, 0.6) is 0 Å². The zero-order chi connectivity index (χ0) is 16.1. The second-order valence-corrected chi connectivity index (χ2v) is 4.61. The lowest BCUT2D eigenvalue weighted by molar-refractivity contribution is -0.136. The van der Waals surface area contributed by atoms with Crippen LogP contribution in [0.4, 0.5) is 10.1 Å². The maximum Gasteiger partial charge on any atom is 0.329 e. The van der Waals surface area contributed by atoms with Crippen molar-refractivity contribution in [3.05, 3.63) is 53.2 Å². The molecule has 2 aromatic rings. The molecule has 2 amide bonds. The van der Waals surface area contributed by atoms with E-state index in [9.17, 15) is 14.0 Å². The fourth-order valence-electron chi connectivity index (χ4n) is 1.49. The van der Waals surface area contributed by atoms with Crippen LogP contribution in [0.3, 0.4) is 0 Å². The number of nitrogens with one attached hydrogen (secondary N) is 2. The van der Waals surface area contributed by atoms with Gasteiger partial charge >= 0.3 is 11.8 Å². The normalized spacial score (nSPS) is 11.1. The minimum absolute atomic E-state index is 0.162. The van der Waals surface area contributed by atoms with E-state index in [2.05, 4.69) is 15.8 Å². The van der Waals surface area contributed by atoms with Gasteiger partial charge in [-0.2, -0.15) is 5.10 Å². The third-order valence-electron chi connectivity index (χ3n) is 2.59. The second kappa shape index (κ2) is 6.86. The number of amides is 2. The number of carbonyl (C=O) groups is 2. The molecule has 0 fully saturated rings. The topological polar surface area (TPSA) is 83.7 Å². The van der Waals surface area contributed by atoms with Crippen molar-refractivity contribution in [1.82, 2.24) is 5.43 Å². The summed E-state index contributed by atoms with van der Waals surface area (Å²) in [7, 11) is 0. The van der Waals surface area contributed by atoms with Crippen molar-refractivity contribution in [2.24, 2.45) is 5.10 Å². The molecule has 114 valence electrons. The molecule has 0 aliphatic heterocycles. The highest BCUT2D eigenvalue weighted by molar-refractivity contribution is 6.39. The van der Waals surface area contributed by atoms with Crippen molar-refractivity contribution in [2.75, 3.05) is 5.32 Å². The van der Waals surface area contributed by atoms with Crippen LogP contribution in [0.25, 0.3) is 0 Å². The van der Waals surface area contributed by atoms with Gasteiger partial charge in [0.25, 0.3) is 0 Å². The van der Waals surface area contributed by atoms with Crippen LogP contribution < -0.4 is 10.7 Å². The van der Waals surface area contributed by atoms with Gasteiger partial charge in [0.1, 0.15) is 17.3 Å². The first kappa shape index (κ1) is 15.7. The number of rotatable bonds is 3. The van der Waals surface area contributed by atoms with Gasteiger partial charge in [-0.1, -0.05) is 11.6 Å². The van der Waals surface area contributed by atoms with Crippen LogP contribution in [0, 0.1) is 5.82 Å². The largest absolute Gasteiger partial charge is 0.463 e. The number of anilines is 1. The van der Waals surface area contributed by atoms with E-state index >= 15 is 0 Å². The summed E-state index contributed by atoms with van der Waals surface area (Å²) in [6.07, 6.45) is 1.46. The number of furan rings is 1. The highest BCUT2D eigenvalue weighted by Crippen LogP contribution is 2.19. The second-order valence-electron chi connectivity index (χ2n) is 4.20. The highest BCUT2D eigenvalue weighted by Gasteiger charge is 2.14. The predicted molar refractivity (Wildman–Crippen MR) is 79.1 cm³/mol. The zero-order valence-electron chi connectivity index (χ0n) is 11.4. The van der Waals surface area contributed by atoms with Gasteiger partial charge in [-0.25, -0.2) is 9.82 Å². The van der Waals surface area contributed by atoms with Crippen LogP contribution in [-0.4, -0.2) is 17.5 Å². The van der Waals surface area contributed by atoms with Crippen molar-refractivity contribution >= 4 is 34.8 Å². The molecule has 0 atom stereocenters. The summed E-state index contributed by atoms with van der Waals surface area (Å²) in [5.41, 5.74) is 2.68. The van der Waals surface area contributed by atoms with Crippen LogP contribution >= 0.6 is 11.6 Å². The van der Waals surface area contributed by atoms with Crippen molar-refractivity contribution in [1.29, 1.82) is 0 Å². The Hall–Kier alpha value is -2.67. The van der Waals surface area contributed by atoms with Gasteiger partial charge in [0.2, 0.25) is 0 Å². The first-order chi connectivity index (χ1) is 10.5. The first-order valence-electron chi connectivity index (χ1n) is 6.12. The maximum atomic E-state index is 13.0. The fourth-order valence-corrected chi connectivity index (χ4v) is 1.67. The number of halogens is 2. The molecule has 6 nitrogen and oxygen atoms in total. The number of hydrazone groups is 1. The standard InChI is InChI=1S/C14H11ClFN3O3/c1-8(12-3-2-6-22-12)18-19-14(21)13(20)17-9-4-5-11(16)10(15)7-9/h2-7H,1H3,(H,17,20)(H,19,21). The number of nitrogens with zero attached hydrogens (tertiary/aromatic N) is 1. The van der Waals surface area contributed by atoms with Gasteiger partial charge in [0.05, 0.1) is 11.3 Å². The summed E-state index contributed by atoms with van der Waals surface area (Å²) >= 11 is 5.58. The van der Waals surface area contributed by atoms with E-state index in [0.29, 0.717) is 11.5 Å². The quantitative estimate of drug-likeness (QED) is 0.517. The lowest BCUT2D eigenvalue weighted by Gasteiger charge is -2.05. The molecule has 0 aliphatic carbocycles. The SMILES string of the molecule is CC(=NNC(=O)C(=O)Nc1ccc(F)c(Cl)c1)c1ccco1. The van der Waals surface area contributed by atoms with Gasteiger partial charge < -0.3 is 9.73 Å². The van der Waals surface area contributed by atoms with Crippen LogP contribution in [0.1, 0.15) is 12.7 Å². The third kappa shape index (κ3) is 3.92. The maximum absolute atomic E-state index is 13.0. The molecule has 22 heavy (non-hydrogen) atoms. The molecule has 0 saturated heterocycles. The third-order valence-corrected chi connectivity index (χ3v) is 2.88. The Labute approximate surface area is 129 Å². The van der Waals surface area contributed by atoms with E-state index < -0.39 is 17.6 Å². The molecule has 1 aromatic carbocycles. The molecule has 0 saturated carbocycles. The smallest absolute Gasteiger partial charge is 0.329 e. The number of hydrogen-bond acceptors (Lipinski definition) is 4. The molecule has 0 spiro atoms. The summed E-state index contributed by atoms with van der Waals surface area (Å²) < 4.78 is 18.1. The van der Waals surface area contributed by atoms with Gasteiger partial charge in [0, 0.05) is 5.69 Å². The molecule has 0 bridgehead atoms. The van der Waals surface area contributed by atoms with Crippen LogP contribution in [0.2, 0.25) is 5.02 Å². The van der Waals surface area contributed by atoms with Crippen molar-refractivity contribution in [3.8, 4) is 0 Å². The van der Waals surface area contributed by atoms with Crippen molar-refractivity contribution in [3.63, 3.8) is 0 Å². The van der Waals surface area contributed by atoms with Gasteiger partial charge in [-0.05, 0) is 37.3 Å². The van der Waals surface area contributed by atoms with Gasteiger partial charge in [0.15, 0.2) is 0 Å². The average Bonchev–Trinajstić information content (AvgIpc) is 3.02. The summed E-state index contributed by atoms with van der Waals surface area (Å²) in [4.78, 5) is 23.3. The minimum atomic E-state index is -0.980. The Morgan fingerprint density at radius 3 is 2.68 bits per heavy atom. The van der Waals surface area contributed by atoms with E-state index in [1.807, 2.05) is 0 Å². The Morgan fingerprint density at radius 1 is 1.27 bits per heavy atom. The Morgan fingerprint density at radius 2 is 2.05 bits per heavy atom. The lowest BCUT2D eigenvalue weighted by atomic mass is 10.3. The summed E-state index contributed by atoms with van der Waals surface area (Å²) in [6, 6.07) is 6.88. The van der Waals surface area contributed by atoms with E-state index in [1.54, 1.807) is 19.1 Å². The number of hydrogen-bond donors (Lipinski definition) is 2. The molecule has 0 radical (unpaired) electrons. The van der Waals surface area contributed by atoms with Gasteiger partial charge in [-0.15, -0.1) is 0 Å². The van der Waals surface area contributed by atoms with E-state index in [4.69, 9.17) is 16.0 Å². The number of benzene rings is 1. The summed E-state index contributed by atoms with van der Waals surface area (Å²) in [6.45, 7) is 1.61. The highest BCUT2D eigenvalue weighted by atomic mass is 35.5. The zero-order valence-corrected chi connectivity index (χ0v) is 12.1. The molecule has 1 heterocycles. The van der Waals surface area contributed by atoms with E-state index in [0.717, 1.165) is 6.07 Å². The average molecular weight is 324 g/mol. The number of carbonyl (C=O) groups excluding carboxylic acids is 2. The van der Waals surface area contributed by atoms with Gasteiger partial charge in [-0.3, -0.25) is 9.59 Å². The molecule has 1 aromatic heterocycles. The Balaban J connectivity index is 1.96. The molecule has 2 rings (SSSR count). The molecule has 0 unspecified atom stereocenters. The molecule has 2 N–H and O–H groups in total. The molecular weight excluding hydrogens is 313 g/mol. The lowest BCUT2D eigenvalue weighted by Crippen LogP contribution is -2.32. The minimum Gasteiger partial charge on any atom is -0.463 e. The summed E-state index contributed by atoms with van der Waals surface area (Å²) in [5.74, 6) is -2.10. The van der Waals surface area contributed by atoms with Crippen LogP contribution in [0.15, 0.2) is 46.1 Å². The predicted octanol–water partition coefficient (Wildman–Crippen LogP) is 2.55. The molecular formula is C14H11ClFN3O3. The Kier molecular flexibility index (Phi) is 4.90. The molecule has 8 heteroatoms. The first-order valence-corrected chi connectivity index (χ1v) is 6.49. The van der Waals surface area contributed by atoms with E-state index in [-0.39, 0.29) is 10.7 Å². The monoisotopic (exact) mass is 323 g/mol. The fraction of sp³-hybridized carbons (Fsp3) is 0.0714. The van der Waals surface area contributed by atoms with E-state index in [1.165, 1.54) is 18.4 Å². The molecule has 0 aliphatic rings. The van der Waals surface area contributed by atoms with Crippen molar-refractivity contribution in [2.45, 2.75) is 6.92 Å². The van der Waals surface area contributed by atoms with Crippen LogP contribution in [-0.2, 0) is 9.59 Å². The Bertz CT molecular complexity index is 729. The van der Waals surface area contributed by atoms with Crippen molar-refractivity contribution < 1.29 is 18.4 Å².